The van der Waals surface area contributed by atoms with Crippen molar-refractivity contribution in [2.75, 3.05) is 18.7 Å². The first kappa shape index (κ1) is 14.8. The van der Waals surface area contributed by atoms with Crippen molar-refractivity contribution in [1.29, 1.82) is 0 Å². The molecular formula is C10H11BrN2O4S. The average Bonchev–Trinajstić information content (AvgIpc) is 2.29. The number of sulfonamides is 1. The van der Waals surface area contributed by atoms with E-state index in [2.05, 4.69) is 25.3 Å². The van der Waals surface area contributed by atoms with Crippen LogP contribution in [0.4, 0.5) is 0 Å². The molecule has 1 aliphatic rings. The van der Waals surface area contributed by atoms with Gasteiger partial charge in [-0.1, -0.05) is 15.9 Å². The summed E-state index contributed by atoms with van der Waals surface area (Å²) < 4.78 is 30.7. The molecule has 6 nitrogen and oxygen atoms in total. The van der Waals surface area contributed by atoms with E-state index in [9.17, 15) is 13.2 Å². The maximum absolute atomic E-state index is 11.1. The first-order chi connectivity index (χ1) is 8.35. The highest BCUT2D eigenvalue weighted by Gasteiger charge is 2.14. The van der Waals surface area contributed by atoms with Crippen LogP contribution in [0.1, 0.15) is 0 Å². The number of hydrogen-bond donors (Lipinski definition) is 0. The Kier molecular flexibility index (Phi) is 4.97. The molecule has 0 spiro atoms. The summed E-state index contributed by atoms with van der Waals surface area (Å²) in [4.78, 5) is 14.9. The number of hydrogen-bond acceptors (Lipinski definition) is 4. The third-order valence-corrected chi connectivity index (χ3v) is 2.80. The van der Waals surface area contributed by atoms with Crippen molar-refractivity contribution in [2.45, 2.75) is 0 Å². The number of ether oxygens (including phenoxy) is 1. The zero-order chi connectivity index (χ0) is 13.8. The Morgan fingerprint density at radius 2 is 2.11 bits per heavy atom. The first-order valence-electron chi connectivity index (χ1n) is 4.77. The standard InChI is InChI=1S/C10H11BrN2O4S/c1-17-9-5-7(12-10(14)6-11)3-4-8(9)13-18(2,15)16/h3-5H,6H2,1-2H3/b12-7?,13-8-. The molecule has 1 rings (SSSR count). The maximum atomic E-state index is 11.1. The lowest BCUT2D eigenvalue weighted by Gasteiger charge is -2.10. The van der Waals surface area contributed by atoms with Gasteiger partial charge in [-0.3, -0.25) is 4.79 Å². The van der Waals surface area contributed by atoms with Crippen molar-refractivity contribution < 1.29 is 17.9 Å². The first-order valence-corrected chi connectivity index (χ1v) is 7.74. The van der Waals surface area contributed by atoms with Crippen LogP contribution >= 0.6 is 15.9 Å². The molecule has 0 aromatic rings. The van der Waals surface area contributed by atoms with Crippen LogP contribution in [0.25, 0.3) is 0 Å². The molecule has 8 heteroatoms. The minimum atomic E-state index is -3.51. The number of aliphatic imine (C=N–C) groups is 1. The quantitative estimate of drug-likeness (QED) is 0.565. The number of halogens is 1. The molecule has 0 atom stereocenters. The molecule has 18 heavy (non-hydrogen) atoms. The summed E-state index contributed by atoms with van der Waals surface area (Å²) in [6.07, 6.45) is 5.36. The molecule has 0 heterocycles. The van der Waals surface area contributed by atoms with Crippen molar-refractivity contribution in [3.05, 3.63) is 24.0 Å². The Labute approximate surface area is 113 Å². The smallest absolute Gasteiger partial charge is 0.256 e. The third-order valence-electron chi connectivity index (χ3n) is 1.80. The monoisotopic (exact) mass is 334 g/mol. The van der Waals surface area contributed by atoms with Gasteiger partial charge < -0.3 is 4.74 Å². The number of allylic oxidation sites excluding steroid dienone is 3. The molecule has 0 N–H and O–H groups in total. The van der Waals surface area contributed by atoms with Gasteiger partial charge in [0.2, 0.25) is 0 Å². The van der Waals surface area contributed by atoms with Crippen molar-refractivity contribution in [3.63, 3.8) is 0 Å². The van der Waals surface area contributed by atoms with Crippen LogP contribution in [0.15, 0.2) is 33.4 Å². The summed E-state index contributed by atoms with van der Waals surface area (Å²) in [6, 6.07) is 0. The molecule has 98 valence electrons. The van der Waals surface area contributed by atoms with Crippen LogP contribution in [-0.4, -0.2) is 44.4 Å². The Hall–Kier alpha value is -1.28. The number of amides is 1. The predicted molar refractivity (Wildman–Crippen MR) is 72.7 cm³/mol. The lowest BCUT2D eigenvalue weighted by atomic mass is 10.1. The van der Waals surface area contributed by atoms with Crippen LogP contribution < -0.4 is 0 Å². The molecule has 0 aromatic heterocycles. The number of alkyl halides is 1. The minimum absolute atomic E-state index is 0.116. The minimum Gasteiger partial charge on any atom is -0.494 e. The highest BCUT2D eigenvalue weighted by atomic mass is 79.9. The van der Waals surface area contributed by atoms with Crippen molar-refractivity contribution in [3.8, 4) is 0 Å². The second-order valence-corrected chi connectivity index (χ2v) is 5.53. The van der Waals surface area contributed by atoms with Crippen LogP contribution in [0.2, 0.25) is 0 Å². The van der Waals surface area contributed by atoms with Gasteiger partial charge >= 0.3 is 0 Å². The lowest BCUT2D eigenvalue weighted by molar-refractivity contribution is -0.115. The topological polar surface area (TPSA) is 85.2 Å². The fourth-order valence-corrected chi connectivity index (χ4v) is 1.80. The van der Waals surface area contributed by atoms with Gasteiger partial charge in [-0.25, -0.2) is 13.4 Å². The third kappa shape index (κ3) is 4.53. The molecular weight excluding hydrogens is 324 g/mol. The van der Waals surface area contributed by atoms with E-state index in [-0.39, 0.29) is 22.7 Å². The van der Waals surface area contributed by atoms with Gasteiger partial charge in [0.05, 0.1) is 24.4 Å². The summed E-state index contributed by atoms with van der Waals surface area (Å²) >= 11 is 2.99. The van der Waals surface area contributed by atoms with E-state index in [0.717, 1.165) is 6.26 Å². The zero-order valence-electron chi connectivity index (χ0n) is 9.75. The second kappa shape index (κ2) is 6.05. The van der Waals surface area contributed by atoms with Crippen molar-refractivity contribution in [2.24, 2.45) is 9.39 Å². The lowest BCUT2D eigenvalue weighted by Crippen LogP contribution is -2.13. The van der Waals surface area contributed by atoms with E-state index in [4.69, 9.17) is 4.74 Å². The van der Waals surface area contributed by atoms with E-state index in [0.29, 0.717) is 5.71 Å². The molecule has 1 amide bonds. The molecule has 0 bridgehead atoms. The fraction of sp³-hybridized carbons (Fsp3) is 0.300. The normalized spacial score (nSPS) is 20.1. The van der Waals surface area contributed by atoms with E-state index >= 15 is 0 Å². The van der Waals surface area contributed by atoms with Gasteiger partial charge in [0, 0.05) is 6.08 Å². The van der Waals surface area contributed by atoms with E-state index in [1.54, 1.807) is 0 Å². The molecule has 0 unspecified atom stereocenters. The van der Waals surface area contributed by atoms with Gasteiger partial charge in [-0.15, -0.1) is 0 Å². The number of carbonyl (C=O) groups is 1. The zero-order valence-corrected chi connectivity index (χ0v) is 12.2. The SMILES string of the molecule is COC1=CC(=NC(=O)CBr)C=C/C1=N/S(C)(=O)=O. The largest absolute Gasteiger partial charge is 0.494 e. The summed E-state index contributed by atoms with van der Waals surface area (Å²) in [5.74, 6) is -0.103. The summed E-state index contributed by atoms with van der Waals surface area (Å²) in [5.41, 5.74) is 0.550. The average molecular weight is 335 g/mol. The number of nitrogens with zero attached hydrogens (tertiary/aromatic N) is 2. The molecule has 0 saturated carbocycles. The highest BCUT2D eigenvalue weighted by Crippen LogP contribution is 2.10. The number of methoxy groups -OCH3 is 1. The Bertz CT molecular complexity index is 573. The van der Waals surface area contributed by atoms with Gasteiger partial charge in [-0.2, -0.15) is 4.40 Å². The van der Waals surface area contributed by atoms with Gasteiger partial charge in [0.15, 0.2) is 0 Å². The Morgan fingerprint density at radius 3 is 2.61 bits per heavy atom. The number of carbonyl (C=O) groups excluding carboxylic acids is 1. The second-order valence-electron chi connectivity index (χ2n) is 3.32. The summed E-state index contributed by atoms with van der Waals surface area (Å²) in [6.45, 7) is 0. The van der Waals surface area contributed by atoms with Crippen molar-refractivity contribution >= 4 is 43.3 Å². The van der Waals surface area contributed by atoms with Crippen LogP contribution in [-0.2, 0) is 19.6 Å². The van der Waals surface area contributed by atoms with Crippen LogP contribution in [0.5, 0.6) is 0 Å². The summed E-state index contributed by atoms with van der Waals surface area (Å²) in [7, 11) is -2.13. The van der Waals surface area contributed by atoms with Gasteiger partial charge in [0.25, 0.3) is 15.9 Å². The molecule has 0 aliphatic heterocycles. The Morgan fingerprint density at radius 1 is 1.44 bits per heavy atom. The maximum Gasteiger partial charge on any atom is 0.256 e. The van der Waals surface area contributed by atoms with Gasteiger partial charge in [0.1, 0.15) is 11.5 Å². The van der Waals surface area contributed by atoms with Gasteiger partial charge in [-0.05, 0) is 12.2 Å². The number of rotatable bonds is 3. The molecule has 0 saturated heterocycles. The Balaban J connectivity index is 3.12. The molecule has 0 aromatic carbocycles. The molecule has 0 radical (unpaired) electrons. The summed E-state index contributed by atoms with van der Waals surface area (Å²) in [5, 5.41) is 0.116. The fourth-order valence-electron chi connectivity index (χ4n) is 1.16. The van der Waals surface area contributed by atoms with E-state index < -0.39 is 10.0 Å². The molecule has 0 fully saturated rings. The predicted octanol–water partition coefficient (Wildman–Crippen LogP) is 0.850. The van der Waals surface area contributed by atoms with E-state index in [1.165, 1.54) is 25.3 Å². The van der Waals surface area contributed by atoms with Crippen LogP contribution in [0, 0.1) is 0 Å². The molecule has 1 aliphatic carbocycles. The highest BCUT2D eigenvalue weighted by molar-refractivity contribution is 9.09. The van der Waals surface area contributed by atoms with E-state index in [1.807, 2.05) is 0 Å². The van der Waals surface area contributed by atoms with Crippen molar-refractivity contribution in [1.82, 2.24) is 0 Å². The van der Waals surface area contributed by atoms with Crippen LogP contribution in [0.3, 0.4) is 0 Å².